The Balaban J connectivity index is 2.22. The molecule has 1 aliphatic heterocycles. The van der Waals surface area contributed by atoms with Gasteiger partial charge in [-0.05, 0) is 0 Å². The van der Waals surface area contributed by atoms with Gasteiger partial charge in [0.2, 0.25) is 5.91 Å². The molecule has 4 nitrogen and oxygen atoms in total. The van der Waals surface area contributed by atoms with E-state index in [0.29, 0.717) is 13.0 Å². The molecule has 0 spiro atoms. The number of hydrogen-bond acceptors (Lipinski definition) is 3. The van der Waals surface area contributed by atoms with Gasteiger partial charge in [0.15, 0.2) is 0 Å². The maximum atomic E-state index is 10.5. The Bertz CT molecular complexity index is 116. The smallest absolute Gasteiger partial charge is 0.235 e. The predicted octanol–water partition coefficient (Wildman–Crippen LogP) is -1.28. The minimum Gasteiger partial charge on any atom is -0.395 e. The molecule has 0 bridgehead atoms. The number of aliphatic hydroxyl groups excluding tert-OH is 1. The largest absolute Gasteiger partial charge is 0.395 e. The first kappa shape index (κ1) is 6.51. The van der Waals surface area contributed by atoms with Crippen molar-refractivity contribution in [2.75, 3.05) is 19.7 Å². The molecule has 2 N–H and O–H groups in total. The highest BCUT2D eigenvalue weighted by Crippen LogP contribution is 1.95. The number of nitrogens with zero attached hydrogens (tertiary/aromatic N) is 1. The monoisotopic (exact) mass is 130 g/mol. The van der Waals surface area contributed by atoms with E-state index in [2.05, 4.69) is 5.43 Å². The third-order valence-electron chi connectivity index (χ3n) is 1.26. The number of amides is 1. The van der Waals surface area contributed by atoms with Crippen molar-refractivity contribution in [1.82, 2.24) is 10.4 Å². The van der Waals surface area contributed by atoms with Gasteiger partial charge in [-0.1, -0.05) is 0 Å². The van der Waals surface area contributed by atoms with Crippen molar-refractivity contribution in [3.63, 3.8) is 0 Å². The molecule has 0 saturated carbocycles. The lowest BCUT2D eigenvalue weighted by molar-refractivity contribution is -0.121. The SMILES string of the molecule is O=C1CCN(CCO)N1. The highest BCUT2D eigenvalue weighted by Gasteiger charge is 2.16. The fraction of sp³-hybridized carbons (Fsp3) is 0.800. The van der Waals surface area contributed by atoms with Gasteiger partial charge in [-0.3, -0.25) is 10.2 Å². The van der Waals surface area contributed by atoms with Gasteiger partial charge in [0.05, 0.1) is 6.61 Å². The summed E-state index contributed by atoms with van der Waals surface area (Å²) in [5.41, 5.74) is 2.59. The molecular weight excluding hydrogens is 120 g/mol. The highest BCUT2D eigenvalue weighted by molar-refractivity contribution is 5.77. The van der Waals surface area contributed by atoms with Crippen molar-refractivity contribution in [1.29, 1.82) is 0 Å². The van der Waals surface area contributed by atoms with Crippen LogP contribution in [0.1, 0.15) is 6.42 Å². The fourth-order valence-electron chi connectivity index (χ4n) is 0.813. The minimum absolute atomic E-state index is 0.0449. The van der Waals surface area contributed by atoms with Crippen LogP contribution in [-0.2, 0) is 4.79 Å². The van der Waals surface area contributed by atoms with E-state index in [4.69, 9.17) is 5.11 Å². The van der Waals surface area contributed by atoms with E-state index in [1.54, 1.807) is 5.01 Å². The molecule has 1 amide bonds. The standard InChI is InChI=1S/C5H10N2O2/c8-4-3-7-2-1-5(9)6-7/h8H,1-4H2,(H,6,9). The third-order valence-corrected chi connectivity index (χ3v) is 1.26. The summed E-state index contributed by atoms with van der Waals surface area (Å²) in [5.74, 6) is 0.0449. The summed E-state index contributed by atoms with van der Waals surface area (Å²) >= 11 is 0. The zero-order valence-corrected chi connectivity index (χ0v) is 5.13. The van der Waals surface area contributed by atoms with Gasteiger partial charge < -0.3 is 5.11 Å². The van der Waals surface area contributed by atoms with Crippen LogP contribution in [0.5, 0.6) is 0 Å². The van der Waals surface area contributed by atoms with Crippen LogP contribution in [0.25, 0.3) is 0 Å². The number of hydrogen-bond donors (Lipinski definition) is 2. The maximum absolute atomic E-state index is 10.5. The number of carbonyl (C=O) groups is 1. The third kappa shape index (κ3) is 1.65. The van der Waals surface area contributed by atoms with Gasteiger partial charge in [0, 0.05) is 19.5 Å². The lowest BCUT2D eigenvalue weighted by Crippen LogP contribution is -2.35. The molecule has 1 aliphatic rings. The summed E-state index contributed by atoms with van der Waals surface area (Å²) in [6.45, 7) is 1.35. The summed E-state index contributed by atoms with van der Waals surface area (Å²) < 4.78 is 0. The molecule has 0 atom stereocenters. The van der Waals surface area contributed by atoms with Crippen LogP contribution >= 0.6 is 0 Å². The van der Waals surface area contributed by atoms with Gasteiger partial charge in [0.25, 0.3) is 0 Å². The van der Waals surface area contributed by atoms with Crippen LogP contribution in [0.3, 0.4) is 0 Å². The summed E-state index contributed by atoms with van der Waals surface area (Å²) in [4.78, 5) is 10.5. The van der Waals surface area contributed by atoms with E-state index in [9.17, 15) is 4.79 Å². The van der Waals surface area contributed by atoms with Crippen molar-refractivity contribution in [2.45, 2.75) is 6.42 Å². The highest BCUT2D eigenvalue weighted by atomic mass is 16.3. The van der Waals surface area contributed by atoms with Crippen molar-refractivity contribution in [3.05, 3.63) is 0 Å². The van der Waals surface area contributed by atoms with Crippen molar-refractivity contribution >= 4 is 5.91 Å². The zero-order valence-electron chi connectivity index (χ0n) is 5.13. The molecule has 1 heterocycles. The van der Waals surface area contributed by atoms with E-state index < -0.39 is 0 Å². The molecule has 0 radical (unpaired) electrons. The molecule has 0 aliphatic carbocycles. The molecule has 1 rings (SSSR count). The molecule has 1 saturated heterocycles. The number of rotatable bonds is 2. The first-order valence-electron chi connectivity index (χ1n) is 2.98. The molecule has 0 aromatic rings. The molecule has 1 fully saturated rings. The second-order valence-corrected chi connectivity index (χ2v) is 2.00. The molecule has 4 heteroatoms. The Labute approximate surface area is 53.4 Å². The molecule has 52 valence electrons. The maximum Gasteiger partial charge on any atom is 0.235 e. The van der Waals surface area contributed by atoms with Gasteiger partial charge in [-0.15, -0.1) is 0 Å². The summed E-state index contributed by atoms with van der Waals surface area (Å²) in [6, 6.07) is 0. The Morgan fingerprint density at radius 1 is 1.78 bits per heavy atom. The fourth-order valence-corrected chi connectivity index (χ4v) is 0.813. The predicted molar refractivity (Wildman–Crippen MR) is 31.4 cm³/mol. The quantitative estimate of drug-likeness (QED) is 0.489. The van der Waals surface area contributed by atoms with Gasteiger partial charge in [-0.25, -0.2) is 5.01 Å². The van der Waals surface area contributed by atoms with Gasteiger partial charge in [-0.2, -0.15) is 0 Å². The summed E-state index contributed by atoms with van der Waals surface area (Å²) in [5, 5.41) is 10.1. The number of nitrogens with one attached hydrogen (secondary N) is 1. The van der Waals surface area contributed by atoms with E-state index >= 15 is 0 Å². The van der Waals surface area contributed by atoms with Crippen LogP contribution in [0, 0.1) is 0 Å². The average molecular weight is 130 g/mol. The van der Waals surface area contributed by atoms with Gasteiger partial charge >= 0.3 is 0 Å². The lowest BCUT2D eigenvalue weighted by atomic mass is 10.4. The first-order chi connectivity index (χ1) is 4.33. The van der Waals surface area contributed by atoms with E-state index in [1.807, 2.05) is 0 Å². The number of β-amino-alcohol motifs (C(OH)–C–C–N with tert-alkyl or cyclic N) is 1. The number of carbonyl (C=O) groups excluding carboxylic acids is 1. The number of aliphatic hydroxyl groups is 1. The van der Waals surface area contributed by atoms with Crippen molar-refractivity contribution in [3.8, 4) is 0 Å². The second kappa shape index (κ2) is 2.80. The molecular formula is C5H10N2O2. The zero-order chi connectivity index (χ0) is 6.69. The molecule has 0 aromatic carbocycles. The topological polar surface area (TPSA) is 52.6 Å². The van der Waals surface area contributed by atoms with Crippen LogP contribution in [0.2, 0.25) is 0 Å². The van der Waals surface area contributed by atoms with E-state index in [-0.39, 0.29) is 12.5 Å². The van der Waals surface area contributed by atoms with E-state index in [1.165, 1.54) is 0 Å². The number of hydrazine groups is 1. The van der Waals surface area contributed by atoms with Crippen molar-refractivity contribution in [2.24, 2.45) is 0 Å². The van der Waals surface area contributed by atoms with Crippen molar-refractivity contribution < 1.29 is 9.90 Å². The normalized spacial score (nSPS) is 20.3. The average Bonchev–Trinajstić information content (AvgIpc) is 2.17. The Morgan fingerprint density at radius 3 is 3.00 bits per heavy atom. The van der Waals surface area contributed by atoms with E-state index in [0.717, 1.165) is 6.54 Å². The molecule has 0 aromatic heterocycles. The van der Waals surface area contributed by atoms with Crippen LogP contribution < -0.4 is 5.43 Å². The lowest BCUT2D eigenvalue weighted by Gasteiger charge is -2.11. The summed E-state index contributed by atoms with van der Waals surface area (Å²) in [6.07, 6.45) is 0.556. The molecule has 9 heavy (non-hydrogen) atoms. The summed E-state index contributed by atoms with van der Waals surface area (Å²) in [7, 11) is 0. The minimum atomic E-state index is 0.0449. The second-order valence-electron chi connectivity index (χ2n) is 2.00. The van der Waals surface area contributed by atoms with Crippen LogP contribution in [0.15, 0.2) is 0 Å². The Hall–Kier alpha value is -0.610. The Morgan fingerprint density at radius 2 is 2.56 bits per heavy atom. The van der Waals surface area contributed by atoms with Crippen LogP contribution in [-0.4, -0.2) is 35.7 Å². The van der Waals surface area contributed by atoms with Gasteiger partial charge in [0.1, 0.15) is 0 Å². The first-order valence-corrected chi connectivity index (χ1v) is 2.98. The van der Waals surface area contributed by atoms with Crippen LogP contribution in [0.4, 0.5) is 0 Å². The Kier molecular flexibility index (Phi) is 2.02. The molecule has 0 unspecified atom stereocenters.